The normalized spacial score (nSPS) is 21.8. The lowest BCUT2D eigenvalue weighted by atomic mass is 9.83. The summed E-state index contributed by atoms with van der Waals surface area (Å²) in [5, 5.41) is 25.7. The average Bonchev–Trinajstić information content (AvgIpc) is 3.08. The van der Waals surface area contributed by atoms with E-state index in [1.54, 1.807) is 36.5 Å². The molecule has 1 fully saturated rings. The van der Waals surface area contributed by atoms with Crippen molar-refractivity contribution >= 4 is 5.97 Å². The van der Waals surface area contributed by atoms with Gasteiger partial charge in [-0.2, -0.15) is 5.10 Å². The standard InChI is InChI=1S/C18H22N2O5/c1-11(18(22)23)17(21)13-3-2-4-14(9-13)24-10-12-7-15(8-12)25-16-5-6-19-20-16/h2-6,9,11-12,15,17,21H,7-8,10H2,1H3,(H,19,20)(H,22,23)/t11-,12?,15?,17+/m0/s1. The lowest BCUT2D eigenvalue weighted by Gasteiger charge is -2.34. The third-order valence-corrected chi connectivity index (χ3v) is 4.51. The number of aliphatic carboxylic acids is 1. The molecule has 3 N–H and O–H groups in total. The number of benzene rings is 1. The fourth-order valence-electron chi connectivity index (χ4n) is 2.82. The Bertz CT molecular complexity index is 697. The van der Waals surface area contributed by atoms with Crippen molar-refractivity contribution in [1.29, 1.82) is 0 Å². The number of hydrogen-bond donors (Lipinski definition) is 3. The fraction of sp³-hybridized carbons (Fsp3) is 0.444. The summed E-state index contributed by atoms with van der Waals surface area (Å²) in [6.45, 7) is 2.05. The predicted molar refractivity (Wildman–Crippen MR) is 89.4 cm³/mol. The van der Waals surface area contributed by atoms with Crippen molar-refractivity contribution in [2.75, 3.05) is 6.61 Å². The smallest absolute Gasteiger partial charge is 0.309 e. The van der Waals surface area contributed by atoms with Crippen LogP contribution in [0.1, 0.15) is 31.4 Å². The molecule has 1 aliphatic carbocycles. The molecule has 3 rings (SSSR count). The minimum atomic E-state index is -1.06. The van der Waals surface area contributed by atoms with E-state index in [9.17, 15) is 9.90 Å². The van der Waals surface area contributed by atoms with Gasteiger partial charge in [0, 0.05) is 6.07 Å². The van der Waals surface area contributed by atoms with Gasteiger partial charge >= 0.3 is 5.97 Å². The number of carboxylic acids is 1. The zero-order valence-electron chi connectivity index (χ0n) is 14.0. The first kappa shape index (κ1) is 17.3. The van der Waals surface area contributed by atoms with E-state index in [2.05, 4.69) is 10.2 Å². The van der Waals surface area contributed by atoms with Crippen LogP contribution in [0, 0.1) is 11.8 Å². The number of H-pyrrole nitrogens is 1. The Labute approximate surface area is 145 Å². The molecule has 2 atom stereocenters. The van der Waals surface area contributed by atoms with Crippen LogP contribution in [0.2, 0.25) is 0 Å². The molecule has 1 aliphatic rings. The summed E-state index contributed by atoms with van der Waals surface area (Å²) >= 11 is 0. The zero-order chi connectivity index (χ0) is 17.8. The van der Waals surface area contributed by atoms with Gasteiger partial charge in [0.05, 0.1) is 24.8 Å². The first-order valence-corrected chi connectivity index (χ1v) is 8.32. The van der Waals surface area contributed by atoms with Gasteiger partial charge in [0.2, 0.25) is 5.88 Å². The molecule has 7 heteroatoms. The number of carboxylic acid groups (broad SMARTS) is 1. The molecule has 0 spiro atoms. The van der Waals surface area contributed by atoms with Crippen molar-refractivity contribution < 1.29 is 24.5 Å². The van der Waals surface area contributed by atoms with E-state index >= 15 is 0 Å². The molecule has 1 aromatic carbocycles. The average molecular weight is 346 g/mol. The minimum Gasteiger partial charge on any atom is -0.493 e. The quantitative estimate of drug-likeness (QED) is 0.678. The number of aliphatic hydroxyl groups is 1. The molecule has 0 amide bonds. The molecular formula is C18H22N2O5. The van der Waals surface area contributed by atoms with Crippen LogP contribution in [0.25, 0.3) is 0 Å². The SMILES string of the molecule is C[C@H](C(=O)O)[C@@H](O)c1cccc(OCC2CC(Oc3ccn[nH]3)C2)c1. The highest BCUT2D eigenvalue weighted by molar-refractivity contribution is 5.70. The van der Waals surface area contributed by atoms with Crippen LogP contribution in [-0.4, -0.2) is 39.1 Å². The second-order valence-corrected chi connectivity index (χ2v) is 6.45. The number of hydrogen-bond acceptors (Lipinski definition) is 5. The molecular weight excluding hydrogens is 324 g/mol. The highest BCUT2D eigenvalue weighted by atomic mass is 16.5. The fourth-order valence-corrected chi connectivity index (χ4v) is 2.82. The van der Waals surface area contributed by atoms with Crippen LogP contribution in [0.15, 0.2) is 36.5 Å². The largest absolute Gasteiger partial charge is 0.493 e. The molecule has 1 heterocycles. The van der Waals surface area contributed by atoms with Crippen molar-refractivity contribution in [3.05, 3.63) is 42.1 Å². The summed E-state index contributed by atoms with van der Waals surface area (Å²) < 4.78 is 11.5. The van der Waals surface area contributed by atoms with Gasteiger partial charge in [-0.15, -0.1) is 0 Å². The molecule has 2 aromatic rings. The van der Waals surface area contributed by atoms with Crippen LogP contribution >= 0.6 is 0 Å². The van der Waals surface area contributed by atoms with Gasteiger partial charge in [-0.1, -0.05) is 12.1 Å². The molecule has 0 radical (unpaired) electrons. The number of carbonyl (C=O) groups is 1. The van der Waals surface area contributed by atoms with Crippen molar-refractivity contribution in [2.45, 2.75) is 32.0 Å². The summed E-state index contributed by atoms with van der Waals surface area (Å²) in [6.07, 6.45) is 2.60. The topological polar surface area (TPSA) is 105 Å². The van der Waals surface area contributed by atoms with E-state index in [0.717, 1.165) is 12.8 Å². The lowest BCUT2D eigenvalue weighted by molar-refractivity contribution is -0.145. The maximum absolute atomic E-state index is 11.0. The molecule has 0 bridgehead atoms. The molecule has 0 saturated heterocycles. The second kappa shape index (κ2) is 7.57. The Morgan fingerprint density at radius 2 is 2.20 bits per heavy atom. The van der Waals surface area contributed by atoms with Crippen LogP contribution < -0.4 is 9.47 Å². The van der Waals surface area contributed by atoms with E-state index < -0.39 is 18.0 Å². The molecule has 7 nitrogen and oxygen atoms in total. The Balaban J connectivity index is 1.46. The number of rotatable bonds is 8. The number of aromatic amines is 1. The minimum absolute atomic E-state index is 0.179. The monoisotopic (exact) mass is 346 g/mol. The first-order valence-electron chi connectivity index (χ1n) is 8.32. The van der Waals surface area contributed by atoms with Crippen molar-refractivity contribution in [3.8, 4) is 11.6 Å². The van der Waals surface area contributed by atoms with Crippen LogP contribution in [-0.2, 0) is 4.79 Å². The van der Waals surface area contributed by atoms with E-state index in [1.165, 1.54) is 6.92 Å². The summed E-state index contributed by atoms with van der Waals surface area (Å²) in [6, 6.07) is 8.75. The third kappa shape index (κ3) is 4.30. The lowest BCUT2D eigenvalue weighted by Crippen LogP contribution is -2.37. The van der Waals surface area contributed by atoms with Crippen molar-refractivity contribution in [3.63, 3.8) is 0 Å². The second-order valence-electron chi connectivity index (χ2n) is 6.45. The predicted octanol–water partition coefficient (Wildman–Crippen LogP) is 2.40. The van der Waals surface area contributed by atoms with Crippen molar-refractivity contribution in [1.82, 2.24) is 10.2 Å². The maximum Gasteiger partial charge on any atom is 0.309 e. The van der Waals surface area contributed by atoms with E-state index in [-0.39, 0.29) is 6.10 Å². The highest BCUT2D eigenvalue weighted by Gasteiger charge is 2.31. The van der Waals surface area contributed by atoms with E-state index in [0.29, 0.717) is 29.7 Å². The Hall–Kier alpha value is -2.54. The third-order valence-electron chi connectivity index (χ3n) is 4.51. The summed E-state index contributed by atoms with van der Waals surface area (Å²) in [4.78, 5) is 11.0. The number of nitrogens with zero attached hydrogens (tertiary/aromatic N) is 1. The molecule has 0 aliphatic heterocycles. The van der Waals surface area contributed by atoms with E-state index in [1.807, 2.05) is 0 Å². The Kier molecular flexibility index (Phi) is 5.23. The zero-order valence-corrected chi connectivity index (χ0v) is 14.0. The Morgan fingerprint density at radius 1 is 1.40 bits per heavy atom. The van der Waals surface area contributed by atoms with Crippen LogP contribution in [0.4, 0.5) is 0 Å². The number of aromatic nitrogens is 2. The number of aliphatic hydroxyl groups excluding tert-OH is 1. The van der Waals surface area contributed by atoms with E-state index in [4.69, 9.17) is 14.6 Å². The summed E-state index contributed by atoms with van der Waals surface area (Å²) in [5.74, 6) is -0.177. The summed E-state index contributed by atoms with van der Waals surface area (Å²) in [7, 11) is 0. The Morgan fingerprint density at radius 3 is 2.88 bits per heavy atom. The molecule has 134 valence electrons. The highest BCUT2D eigenvalue weighted by Crippen LogP contribution is 2.32. The van der Waals surface area contributed by atoms with Gasteiger partial charge in [0.1, 0.15) is 11.9 Å². The van der Waals surface area contributed by atoms with Crippen LogP contribution in [0.3, 0.4) is 0 Å². The number of nitrogens with one attached hydrogen (secondary N) is 1. The van der Waals surface area contributed by atoms with Gasteiger partial charge in [-0.05, 0) is 43.4 Å². The van der Waals surface area contributed by atoms with Gasteiger partial charge in [0.25, 0.3) is 0 Å². The summed E-state index contributed by atoms with van der Waals surface area (Å²) in [5.41, 5.74) is 0.543. The van der Waals surface area contributed by atoms with Gasteiger partial charge in [-0.25, -0.2) is 5.10 Å². The molecule has 1 saturated carbocycles. The van der Waals surface area contributed by atoms with Gasteiger partial charge < -0.3 is 19.7 Å². The van der Waals surface area contributed by atoms with Crippen LogP contribution in [0.5, 0.6) is 11.6 Å². The van der Waals surface area contributed by atoms with Gasteiger partial charge in [-0.3, -0.25) is 4.79 Å². The van der Waals surface area contributed by atoms with Crippen molar-refractivity contribution in [2.24, 2.45) is 11.8 Å². The molecule has 0 unspecified atom stereocenters. The first-order chi connectivity index (χ1) is 12.0. The van der Waals surface area contributed by atoms with Gasteiger partial charge in [0.15, 0.2) is 0 Å². The molecule has 1 aromatic heterocycles. The number of ether oxygens (including phenoxy) is 2. The molecule has 25 heavy (non-hydrogen) atoms. The maximum atomic E-state index is 11.0.